The van der Waals surface area contributed by atoms with Gasteiger partial charge in [-0.05, 0) is 42.9 Å². The first-order valence-corrected chi connectivity index (χ1v) is 9.30. The Morgan fingerprint density at radius 3 is 2.50 bits per heavy atom. The maximum Gasteiger partial charge on any atom is 0.338 e. The summed E-state index contributed by atoms with van der Waals surface area (Å²) in [5, 5.41) is 2.95. The van der Waals surface area contributed by atoms with Gasteiger partial charge in [0.2, 0.25) is 5.91 Å². The third-order valence-electron chi connectivity index (χ3n) is 6.93. The molecule has 0 heterocycles. The zero-order valence-electron chi connectivity index (χ0n) is 16.0. The van der Waals surface area contributed by atoms with Gasteiger partial charge in [-0.25, -0.2) is 4.79 Å². The summed E-state index contributed by atoms with van der Waals surface area (Å²) in [5.41, 5.74) is -0.544. The van der Waals surface area contributed by atoms with Gasteiger partial charge >= 0.3 is 5.97 Å². The number of hydrogen-bond donors (Lipinski definition) is 1. The predicted molar refractivity (Wildman–Crippen MR) is 98.8 cm³/mol. The van der Waals surface area contributed by atoms with E-state index in [-0.39, 0.29) is 11.7 Å². The number of Topliss-reactive ketones (excluding diaryl/α,β-unsaturated/α-hetero) is 1. The normalized spacial score (nSPS) is 28.8. The summed E-state index contributed by atoms with van der Waals surface area (Å²) in [5.74, 6) is -0.345. The Kier molecular flexibility index (Phi) is 4.45. The summed E-state index contributed by atoms with van der Waals surface area (Å²) in [6.07, 6.45) is 2.51. The van der Waals surface area contributed by atoms with E-state index < -0.39 is 22.2 Å². The van der Waals surface area contributed by atoms with Crippen LogP contribution in [0.1, 0.15) is 63.7 Å². The van der Waals surface area contributed by atoms with Crippen molar-refractivity contribution in [1.29, 1.82) is 0 Å². The fourth-order valence-corrected chi connectivity index (χ4v) is 4.61. The minimum absolute atomic E-state index is 0.129. The Hall–Kier alpha value is -2.17. The molecule has 3 rings (SSSR count). The second-order valence-electron chi connectivity index (χ2n) is 8.31. The molecule has 0 aliphatic heterocycles. The molecule has 1 aromatic carbocycles. The van der Waals surface area contributed by atoms with E-state index in [1.807, 2.05) is 27.7 Å². The van der Waals surface area contributed by atoms with Crippen molar-refractivity contribution in [2.24, 2.45) is 16.2 Å². The fraction of sp³-hybridized carbons (Fsp3) is 0.571. The number of ketones is 1. The molecule has 0 radical (unpaired) electrons. The molecule has 26 heavy (non-hydrogen) atoms. The Bertz CT molecular complexity index is 769. The highest BCUT2D eigenvalue weighted by Gasteiger charge is 2.72. The first-order chi connectivity index (χ1) is 12.2. The molecule has 1 N–H and O–H groups in total. The number of benzene rings is 1. The van der Waals surface area contributed by atoms with E-state index in [2.05, 4.69) is 5.32 Å². The molecule has 0 unspecified atom stereocenters. The van der Waals surface area contributed by atoms with Crippen LogP contribution in [0.2, 0.25) is 0 Å². The summed E-state index contributed by atoms with van der Waals surface area (Å²) in [6, 6.07) is 6.77. The van der Waals surface area contributed by atoms with E-state index >= 15 is 0 Å². The molecule has 2 aliphatic carbocycles. The number of ether oxygens (including phenoxy) is 1. The highest BCUT2D eigenvalue weighted by molar-refractivity contribution is 6.05. The molecule has 5 heteroatoms. The van der Waals surface area contributed by atoms with Gasteiger partial charge in [-0.1, -0.05) is 33.8 Å². The lowest BCUT2D eigenvalue weighted by Gasteiger charge is -2.38. The van der Waals surface area contributed by atoms with Crippen molar-refractivity contribution in [2.75, 3.05) is 11.9 Å². The lowest BCUT2D eigenvalue weighted by atomic mass is 9.64. The van der Waals surface area contributed by atoms with Gasteiger partial charge in [0.1, 0.15) is 5.78 Å². The predicted octanol–water partition coefficient (Wildman–Crippen LogP) is 3.98. The van der Waals surface area contributed by atoms with Gasteiger partial charge in [0.15, 0.2) is 0 Å². The van der Waals surface area contributed by atoms with Gasteiger partial charge in [0.05, 0.1) is 17.6 Å². The third-order valence-corrected chi connectivity index (χ3v) is 6.93. The average molecular weight is 357 g/mol. The lowest BCUT2D eigenvalue weighted by molar-refractivity contribution is -0.131. The summed E-state index contributed by atoms with van der Waals surface area (Å²) in [7, 11) is 0. The van der Waals surface area contributed by atoms with Crippen molar-refractivity contribution < 1.29 is 19.1 Å². The zero-order valence-corrected chi connectivity index (χ0v) is 16.0. The summed E-state index contributed by atoms with van der Waals surface area (Å²) in [6.45, 7) is 8.35. The monoisotopic (exact) mass is 357 g/mol. The maximum atomic E-state index is 13.2. The van der Waals surface area contributed by atoms with Crippen molar-refractivity contribution in [2.45, 2.75) is 53.4 Å². The number of nitrogens with one attached hydrogen (secondary N) is 1. The van der Waals surface area contributed by atoms with Crippen molar-refractivity contribution in [3.63, 3.8) is 0 Å². The van der Waals surface area contributed by atoms with E-state index in [0.717, 1.165) is 12.8 Å². The second-order valence-corrected chi connectivity index (χ2v) is 8.31. The molecule has 0 saturated heterocycles. The number of esters is 1. The molecule has 2 aliphatic rings. The molecule has 0 aromatic heterocycles. The van der Waals surface area contributed by atoms with Crippen molar-refractivity contribution in [3.05, 3.63) is 29.8 Å². The van der Waals surface area contributed by atoms with Gasteiger partial charge in [-0.15, -0.1) is 0 Å². The smallest absolute Gasteiger partial charge is 0.338 e. The van der Waals surface area contributed by atoms with Crippen molar-refractivity contribution >= 4 is 23.3 Å². The molecule has 2 bridgehead atoms. The number of rotatable bonds is 5. The number of amides is 1. The quantitative estimate of drug-likeness (QED) is 0.809. The average Bonchev–Trinajstić information content (AvgIpc) is 2.90. The maximum absolute atomic E-state index is 13.2. The van der Waals surface area contributed by atoms with Gasteiger partial charge in [0.25, 0.3) is 0 Å². The Morgan fingerprint density at radius 1 is 1.19 bits per heavy atom. The minimum Gasteiger partial charge on any atom is -0.462 e. The minimum atomic E-state index is -0.683. The first-order valence-electron chi connectivity index (χ1n) is 9.30. The molecular formula is C21H27NO4. The van der Waals surface area contributed by atoms with E-state index in [1.165, 1.54) is 0 Å². The highest BCUT2D eigenvalue weighted by atomic mass is 16.5. The lowest BCUT2D eigenvalue weighted by Crippen LogP contribution is -2.43. The van der Waals surface area contributed by atoms with Crippen LogP contribution in [0.5, 0.6) is 0 Å². The van der Waals surface area contributed by atoms with Crippen molar-refractivity contribution in [3.8, 4) is 0 Å². The molecule has 1 aromatic rings. The Balaban J connectivity index is 1.81. The van der Waals surface area contributed by atoms with Crippen LogP contribution < -0.4 is 5.32 Å². The zero-order chi connectivity index (χ0) is 19.2. The molecular weight excluding hydrogens is 330 g/mol. The summed E-state index contributed by atoms with van der Waals surface area (Å²) < 4.78 is 5.15. The molecule has 0 spiro atoms. The van der Waals surface area contributed by atoms with Crippen LogP contribution in [0.3, 0.4) is 0 Å². The van der Waals surface area contributed by atoms with Crippen LogP contribution in [-0.2, 0) is 14.3 Å². The van der Waals surface area contributed by atoms with Crippen LogP contribution in [0.25, 0.3) is 0 Å². The molecule has 1 amide bonds. The van der Waals surface area contributed by atoms with E-state index in [4.69, 9.17) is 4.74 Å². The Morgan fingerprint density at radius 2 is 1.92 bits per heavy atom. The van der Waals surface area contributed by atoms with E-state index in [0.29, 0.717) is 30.7 Å². The number of carbonyl (C=O) groups excluding carboxylic acids is 3. The fourth-order valence-electron chi connectivity index (χ4n) is 4.61. The second kappa shape index (κ2) is 6.22. The van der Waals surface area contributed by atoms with Gasteiger partial charge in [-0.3, -0.25) is 9.59 Å². The standard InChI is InChI=1S/C21H27NO4/c1-5-11-26-17(24)14-7-6-8-15(12-14)22-18(25)21-10-9-20(4,16(23)13-21)19(21,2)3/h6-8,12H,5,9-11,13H2,1-4H3,(H,22,25)/t20-,21+/m1/s1. The van der Waals surface area contributed by atoms with Gasteiger partial charge in [0, 0.05) is 17.5 Å². The highest BCUT2D eigenvalue weighted by Crippen LogP contribution is 2.70. The van der Waals surface area contributed by atoms with Crippen LogP contribution in [0.15, 0.2) is 24.3 Å². The SMILES string of the molecule is CCCOC(=O)c1cccc(NC(=O)[C@]23CC[C@](C)(C(=O)C2)C3(C)C)c1. The summed E-state index contributed by atoms with van der Waals surface area (Å²) >= 11 is 0. The van der Waals surface area contributed by atoms with Crippen LogP contribution in [0, 0.1) is 16.2 Å². The molecule has 2 atom stereocenters. The number of carbonyl (C=O) groups is 3. The van der Waals surface area contributed by atoms with Crippen molar-refractivity contribution in [1.82, 2.24) is 0 Å². The van der Waals surface area contributed by atoms with Gasteiger partial charge in [-0.2, -0.15) is 0 Å². The Labute approximate surface area is 154 Å². The third kappa shape index (κ3) is 2.48. The molecule has 2 saturated carbocycles. The van der Waals surface area contributed by atoms with Crippen LogP contribution in [0.4, 0.5) is 5.69 Å². The topological polar surface area (TPSA) is 72.5 Å². The molecule has 2 fully saturated rings. The van der Waals surface area contributed by atoms with E-state index in [1.54, 1.807) is 24.3 Å². The van der Waals surface area contributed by atoms with Gasteiger partial charge < -0.3 is 10.1 Å². The first kappa shape index (κ1) is 18.6. The largest absolute Gasteiger partial charge is 0.462 e. The number of hydrogen-bond acceptors (Lipinski definition) is 4. The molecule has 5 nitrogen and oxygen atoms in total. The van der Waals surface area contributed by atoms with E-state index in [9.17, 15) is 14.4 Å². The molecule has 140 valence electrons. The van der Waals surface area contributed by atoms with Crippen LogP contribution in [-0.4, -0.2) is 24.3 Å². The summed E-state index contributed by atoms with van der Waals surface area (Å²) in [4.78, 5) is 37.7. The van der Waals surface area contributed by atoms with Crippen LogP contribution >= 0.6 is 0 Å². The number of anilines is 1. The number of fused-ring (bicyclic) bond motifs is 2.